The molecule has 0 spiro atoms. The summed E-state index contributed by atoms with van der Waals surface area (Å²) in [5.74, 6) is -0.806. The van der Waals surface area contributed by atoms with Crippen LogP contribution in [0, 0.1) is 0 Å². The Morgan fingerprint density at radius 2 is 1.39 bits per heavy atom. The Balaban J connectivity index is 1.93. The summed E-state index contributed by atoms with van der Waals surface area (Å²) in [5.41, 5.74) is 0.833. The van der Waals surface area contributed by atoms with E-state index in [4.69, 9.17) is 4.74 Å². The van der Waals surface area contributed by atoms with Crippen molar-refractivity contribution in [2.45, 2.75) is 0 Å². The number of hydrogen-bond donors (Lipinski definition) is 0. The molecule has 0 bridgehead atoms. The highest BCUT2D eigenvalue weighted by Crippen LogP contribution is 2.02. The number of carbonyl (C=O) groups excluding carboxylic acids is 2. The molecule has 0 fully saturated rings. The zero-order chi connectivity index (χ0) is 12.8. The van der Waals surface area contributed by atoms with Crippen LogP contribution in [-0.2, 0) is 4.74 Å². The largest absolute Gasteiger partial charge is 0.454 e. The first-order chi connectivity index (χ1) is 8.77. The highest BCUT2D eigenvalue weighted by molar-refractivity contribution is 5.99. The molecular formula is C13H10N2O3. The van der Waals surface area contributed by atoms with Crippen LogP contribution in [0.2, 0.25) is 0 Å². The maximum Gasteiger partial charge on any atom is 0.338 e. The van der Waals surface area contributed by atoms with Crippen molar-refractivity contribution in [1.82, 2.24) is 9.97 Å². The maximum atomic E-state index is 11.7. The first-order valence-electron chi connectivity index (χ1n) is 5.28. The van der Waals surface area contributed by atoms with Gasteiger partial charge in [0.2, 0.25) is 0 Å². The molecule has 90 valence electrons. The molecule has 5 nitrogen and oxygen atoms in total. The number of carbonyl (C=O) groups is 2. The lowest BCUT2D eigenvalue weighted by Gasteiger charge is -2.03. The van der Waals surface area contributed by atoms with Crippen molar-refractivity contribution in [3.05, 3.63) is 60.2 Å². The summed E-state index contributed by atoms with van der Waals surface area (Å²) in [4.78, 5) is 30.8. The molecule has 0 saturated heterocycles. The zero-order valence-corrected chi connectivity index (χ0v) is 9.45. The fraction of sp³-hybridized carbons (Fsp3) is 0.0769. The molecule has 0 saturated carbocycles. The molecule has 0 radical (unpaired) electrons. The topological polar surface area (TPSA) is 69.2 Å². The second-order valence-corrected chi connectivity index (χ2v) is 3.47. The Hall–Kier alpha value is -2.56. The average molecular weight is 242 g/mol. The predicted molar refractivity (Wildman–Crippen MR) is 63.1 cm³/mol. The number of hydrogen-bond acceptors (Lipinski definition) is 5. The summed E-state index contributed by atoms with van der Waals surface area (Å²) < 4.78 is 4.91. The van der Waals surface area contributed by atoms with Crippen LogP contribution in [0.3, 0.4) is 0 Å². The number of nitrogens with zero attached hydrogens (tertiary/aromatic N) is 2. The van der Waals surface area contributed by atoms with Crippen molar-refractivity contribution in [3.63, 3.8) is 0 Å². The van der Waals surface area contributed by atoms with E-state index in [0.29, 0.717) is 11.1 Å². The van der Waals surface area contributed by atoms with Gasteiger partial charge in [-0.2, -0.15) is 0 Å². The molecule has 0 amide bonds. The Labute approximate surface area is 103 Å². The van der Waals surface area contributed by atoms with Gasteiger partial charge in [-0.3, -0.25) is 14.8 Å². The molecule has 0 unspecified atom stereocenters. The van der Waals surface area contributed by atoms with E-state index < -0.39 is 5.97 Å². The summed E-state index contributed by atoms with van der Waals surface area (Å²) in [5, 5.41) is 0. The number of ether oxygens (including phenoxy) is 1. The van der Waals surface area contributed by atoms with Gasteiger partial charge in [-0.1, -0.05) is 0 Å². The van der Waals surface area contributed by atoms with E-state index >= 15 is 0 Å². The Morgan fingerprint density at radius 1 is 0.889 bits per heavy atom. The van der Waals surface area contributed by atoms with Crippen molar-refractivity contribution in [2.75, 3.05) is 6.61 Å². The molecule has 0 aromatic carbocycles. The van der Waals surface area contributed by atoms with E-state index in [2.05, 4.69) is 9.97 Å². The van der Waals surface area contributed by atoms with Crippen LogP contribution in [-0.4, -0.2) is 28.3 Å². The summed E-state index contributed by atoms with van der Waals surface area (Å²) in [6, 6.07) is 6.20. The van der Waals surface area contributed by atoms with Gasteiger partial charge in [0, 0.05) is 30.4 Å². The van der Waals surface area contributed by atoms with Crippen LogP contribution in [0.25, 0.3) is 0 Å². The lowest BCUT2D eigenvalue weighted by Crippen LogP contribution is -2.14. The minimum Gasteiger partial charge on any atom is -0.454 e. The lowest BCUT2D eigenvalue weighted by atomic mass is 10.2. The molecular weight excluding hydrogens is 232 g/mol. The highest BCUT2D eigenvalue weighted by atomic mass is 16.5. The number of rotatable bonds is 4. The van der Waals surface area contributed by atoms with Gasteiger partial charge in [-0.15, -0.1) is 0 Å². The predicted octanol–water partition coefficient (Wildman–Crippen LogP) is 1.52. The molecule has 0 atom stereocenters. The zero-order valence-electron chi connectivity index (χ0n) is 9.45. The highest BCUT2D eigenvalue weighted by Gasteiger charge is 2.11. The minimum atomic E-state index is -0.542. The first-order valence-corrected chi connectivity index (χ1v) is 5.28. The summed E-state index contributed by atoms with van der Waals surface area (Å²) >= 11 is 0. The average Bonchev–Trinajstić information content (AvgIpc) is 2.46. The third-order valence-electron chi connectivity index (χ3n) is 2.25. The van der Waals surface area contributed by atoms with Gasteiger partial charge in [0.05, 0.1) is 5.56 Å². The molecule has 2 rings (SSSR count). The van der Waals surface area contributed by atoms with Gasteiger partial charge in [-0.25, -0.2) is 4.79 Å². The normalized spacial score (nSPS) is 9.78. The number of Topliss-reactive ketones (excluding diaryl/α,β-unsaturated/α-hetero) is 1. The van der Waals surface area contributed by atoms with Crippen LogP contribution in [0.4, 0.5) is 0 Å². The van der Waals surface area contributed by atoms with Crippen molar-refractivity contribution >= 4 is 11.8 Å². The molecule has 0 aliphatic rings. The molecule has 5 heteroatoms. The van der Waals surface area contributed by atoms with Crippen LogP contribution in [0.1, 0.15) is 20.7 Å². The minimum absolute atomic E-state index is 0.264. The molecule has 0 aliphatic heterocycles. The number of ketones is 1. The third kappa shape index (κ3) is 2.98. The molecule has 2 aromatic rings. The van der Waals surface area contributed by atoms with Gasteiger partial charge in [0.15, 0.2) is 12.4 Å². The number of aromatic nitrogens is 2. The van der Waals surface area contributed by atoms with Crippen LogP contribution in [0.15, 0.2) is 49.1 Å². The smallest absolute Gasteiger partial charge is 0.338 e. The van der Waals surface area contributed by atoms with E-state index in [1.807, 2.05) is 0 Å². The summed E-state index contributed by atoms with van der Waals surface area (Å²) in [7, 11) is 0. The Morgan fingerprint density at radius 3 is 1.94 bits per heavy atom. The quantitative estimate of drug-likeness (QED) is 0.600. The van der Waals surface area contributed by atoms with Crippen LogP contribution >= 0.6 is 0 Å². The Bertz CT molecular complexity index is 489. The second kappa shape index (κ2) is 5.67. The number of pyridine rings is 2. The molecule has 0 aliphatic carbocycles. The summed E-state index contributed by atoms with van der Waals surface area (Å²) in [6.07, 6.45) is 6.00. The van der Waals surface area contributed by atoms with Gasteiger partial charge in [0.1, 0.15) is 0 Å². The molecule has 2 aromatic heterocycles. The van der Waals surface area contributed by atoms with E-state index in [0.717, 1.165) is 0 Å². The monoisotopic (exact) mass is 242 g/mol. The van der Waals surface area contributed by atoms with E-state index in [1.165, 1.54) is 36.9 Å². The van der Waals surface area contributed by atoms with Crippen molar-refractivity contribution < 1.29 is 14.3 Å². The first kappa shape index (κ1) is 11.9. The van der Waals surface area contributed by atoms with Crippen molar-refractivity contribution in [1.29, 1.82) is 0 Å². The molecule has 2 heterocycles. The standard InChI is InChI=1S/C13H10N2O3/c16-12(10-1-5-14-6-2-10)9-18-13(17)11-3-7-15-8-4-11/h1-8H,9H2. The summed E-state index contributed by atoms with van der Waals surface area (Å²) in [6.45, 7) is -0.287. The van der Waals surface area contributed by atoms with Gasteiger partial charge >= 0.3 is 5.97 Å². The Kier molecular flexibility index (Phi) is 3.76. The van der Waals surface area contributed by atoms with Gasteiger partial charge in [0.25, 0.3) is 0 Å². The third-order valence-corrected chi connectivity index (χ3v) is 2.25. The fourth-order valence-electron chi connectivity index (χ4n) is 1.32. The van der Waals surface area contributed by atoms with E-state index in [1.54, 1.807) is 12.1 Å². The lowest BCUT2D eigenvalue weighted by molar-refractivity contribution is 0.0474. The fourth-order valence-corrected chi connectivity index (χ4v) is 1.32. The SMILES string of the molecule is O=C(COC(=O)c1ccncc1)c1ccncc1. The maximum absolute atomic E-state index is 11.7. The second-order valence-electron chi connectivity index (χ2n) is 3.47. The van der Waals surface area contributed by atoms with Crippen LogP contribution < -0.4 is 0 Å². The van der Waals surface area contributed by atoms with Crippen molar-refractivity contribution in [3.8, 4) is 0 Å². The van der Waals surface area contributed by atoms with Gasteiger partial charge in [-0.05, 0) is 24.3 Å². The van der Waals surface area contributed by atoms with E-state index in [9.17, 15) is 9.59 Å². The van der Waals surface area contributed by atoms with Crippen LogP contribution in [0.5, 0.6) is 0 Å². The van der Waals surface area contributed by atoms with Crippen molar-refractivity contribution in [2.24, 2.45) is 0 Å². The van der Waals surface area contributed by atoms with Gasteiger partial charge < -0.3 is 4.74 Å². The number of esters is 1. The van der Waals surface area contributed by atoms with E-state index in [-0.39, 0.29) is 12.4 Å². The molecule has 18 heavy (non-hydrogen) atoms. The molecule has 0 N–H and O–H groups in total.